The lowest BCUT2D eigenvalue weighted by molar-refractivity contribution is 0.317. The Labute approximate surface area is 285 Å². The van der Waals surface area contributed by atoms with Crippen molar-refractivity contribution in [2.24, 2.45) is 4.99 Å². The number of ether oxygens (including phenoxy) is 1. The average molecular weight is 645 g/mol. The van der Waals surface area contributed by atoms with Gasteiger partial charge in [-0.2, -0.15) is 0 Å². The molecule has 0 saturated heterocycles. The third-order valence-corrected chi connectivity index (χ3v) is 8.14. The minimum atomic E-state index is 0.155. The molecule has 0 unspecified atom stereocenters. The number of fused-ring (bicyclic) bond motifs is 4. The van der Waals surface area contributed by atoms with Crippen molar-refractivity contribution in [1.29, 1.82) is 0 Å². The quantitative estimate of drug-likeness (QED) is 0.0569. The van der Waals surface area contributed by atoms with Crippen molar-refractivity contribution in [3.8, 4) is 22.6 Å². The minimum Gasteiger partial charge on any atom is -0.494 e. The molecule has 0 atom stereocenters. The SMILES string of the molecule is C=C.C=C(Cl)/N=C(\C(OC)=C(/C)c1ccccc1)c1cccc(-c2nc(-c3ccc4ncccc4c3)nc3ccc4ccccc4c23)c1. The maximum atomic E-state index is 6.32. The topological polar surface area (TPSA) is 60.3 Å². The Morgan fingerprint density at radius 2 is 1.44 bits per heavy atom. The molecule has 0 aliphatic carbocycles. The zero-order chi connectivity index (χ0) is 33.6. The molecule has 0 saturated carbocycles. The highest BCUT2D eigenvalue weighted by atomic mass is 35.5. The van der Waals surface area contributed by atoms with Gasteiger partial charge in [0.1, 0.15) is 16.6 Å². The number of rotatable bonds is 7. The van der Waals surface area contributed by atoms with Gasteiger partial charge in [0, 0.05) is 39.2 Å². The number of aliphatic imine (C=N–C) groups is 1. The van der Waals surface area contributed by atoms with Crippen molar-refractivity contribution in [3.05, 3.63) is 169 Å². The van der Waals surface area contributed by atoms with Crippen LogP contribution >= 0.6 is 11.6 Å². The Hall–Kier alpha value is -5.91. The molecule has 0 fully saturated rings. The highest BCUT2D eigenvalue weighted by molar-refractivity contribution is 6.31. The number of methoxy groups -OCH3 is 1. The molecule has 0 bridgehead atoms. The fourth-order valence-corrected chi connectivity index (χ4v) is 5.97. The Kier molecular flexibility index (Phi) is 9.51. The molecule has 5 aromatic carbocycles. The average Bonchev–Trinajstić information content (AvgIpc) is 3.15. The minimum absolute atomic E-state index is 0.155. The van der Waals surface area contributed by atoms with Gasteiger partial charge >= 0.3 is 0 Å². The molecule has 48 heavy (non-hydrogen) atoms. The van der Waals surface area contributed by atoms with Crippen LogP contribution in [0.15, 0.2) is 163 Å². The Morgan fingerprint density at radius 3 is 2.23 bits per heavy atom. The lowest BCUT2D eigenvalue weighted by Gasteiger charge is -2.16. The van der Waals surface area contributed by atoms with E-state index in [1.807, 2.05) is 79.7 Å². The van der Waals surface area contributed by atoms with Gasteiger partial charge in [-0.1, -0.05) is 103 Å². The number of hydrogen-bond acceptors (Lipinski definition) is 5. The zero-order valence-electron chi connectivity index (χ0n) is 26.8. The summed E-state index contributed by atoms with van der Waals surface area (Å²) in [5, 5.41) is 4.35. The van der Waals surface area contributed by atoms with E-state index in [0.29, 0.717) is 17.3 Å². The largest absolute Gasteiger partial charge is 0.494 e. The van der Waals surface area contributed by atoms with E-state index in [1.54, 1.807) is 13.3 Å². The van der Waals surface area contributed by atoms with Gasteiger partial charge < -0.3 is 4.74 Å². The molecule has 0 aliphatic heterocycles. The van der Waals surface area contributed by atoms with E-state index < -0.39 is 0 Å². The first-order valence-corrected chi connectivity index (χ1v) is 15.8. The van der Waals surface area contributed by atoms with Crippen LogP contribution in [-0.2, 0) is 4.74 Å². The number of hydrogen-bond donors (Lipinski definition) is 0. The summed E-state index contributed by atoms with van der Waals surface area (Å²) in [5.41, 5.74) is 7.76. The third-order valence-electron chi connectivity index (χ3n) is 8.06. The second kappa shape index (κ2) is 14.2. The smallest absolute Gasteiger partial charge is 0.160 e. The standard InChI is InChI=1S/C40H29ClN4O.C2H4/c1-25(27-11-5-4-6-12-27)39(46-3)38(43-26(2)41)31-15-9-14-30(24-31)37-36-33-17-8-7-13-28(33)18-21-35(36)44-40(45-37)32-19-20-34-29(23-32)16-10-22-42-34;1-2/h4-24H,2H2,1,3H3;1-2H2/b39-25-,43-38-;. The van der Waals surface area contributed by atoms with Crippen molar-refractivity contribution < 1.29 is 4.74 Å². The summed E-state index contributed by atoms with van der Waals surface area (Å²) in [6.07, 6.45) is 1.80. The summed E-state index contributed by atoms with van der Waals surface area (Å²) < 4.78 is 5.99. The second-order valence-electron chi connectivity index (χ2n) is 10.9. The van der Waals surface area contributed by atoms with Crippen LogP contribution in [-0.4, -0.2) is 27.8 Å². The van der Waals surface area contributed by atoms with Gasteiger partial charge in [0.15, 0.2) is 5.82 Å². The molecule has 0 radical (unpaired) electrons. The van der Waals surface area contributed by atoms with Crippen LogP contribution in [0, 0.1) is 0 Å². The van der Waals surface area contributed by atoms with Gasteiger partial charge in [-0.25, -0.2) is 15.0 Å². The van der Waals surface area contributed by atoms with E-state index in [0.717, 1.165) is 66.1 Å². The van der Waals surface area contributed by atoms with E-state index in [4.69, 9.17) is 26.3 Å². The third kappa shape index (κ3) is 6.37. The van der Waals surface area contributed by atoms with Gasteiger partial charge in [0.05, 0.1) is 23.8 Å². The molecule has 5 nitrogen and oxygen atoms in total. The lowest BCUT2D eigenvalue weighted by Crippen LogP contribution is -2.10. The van der Waals surface area contributed by atoms with Crippen molar-refractivity contribution in [3.63, 3.8) is 0 Å². The van der Waals surface area contributed by atoms with Gasteiger partial charge in [0.2, 0.25) is 0 Å². The number of halogens is 1. The highest BCUT2D eigenvalue weighted by Crippen LogP contribution is 2.36. The highest BCUT2D eigenvalue weighted by Gasteiger charge is 2.19. The molecule has 0 aliphatic rings. The Morgan fingerprint density at radius 1 is 0.708 bits per heavy atom. The van der Waals surface area contributed by atoms with Gasteiger partial charge in [-0.15, -0.1) is 13.2 Å². The summed E-state index contributed by atoms with van der Waals surface area (Å²) >= 11 is 6.32. The van der Waals surface area contributed by atoms with Crippen LogP contribution in [0.1, 0.15) is 18.1 Å². The maximum Gasteiger partial charge on any atom is 0.160 e. The summed E-state index contributed by atoms with van der Waals surface area (Å²) in [5.74, 6) is 1.24. The van der Waals surface area contributed by atoms with E-state index >= 15 is 0 Å². The molecule has 234 valence electrons. The van der Waals surface area contributed by atoms with E-state index in [9.17, 15) is 0 Å². The van der Waals surface area contributed by atoms with Crippen LogP contribution in [0.25, 0.3) is 60.8 Å². The number of allylic oxidation sites excluding steroid dienone is 2. The van der Waals surface area contributed by atoms with Crippen LogP contribution in [0.4, 0.5) is 0 Å². The first kappa shape index (κ1) is 32.0. The lowest BCUT2D eigenvalue weighted by atomic mass is 9.96. The van der Waals surface area contributed by atoms with Crippen LogP contribution in [0.3, 0.4) is 0 Å². The van der Waals surface area contributed by atoms with Crippen molar-refractivity contribution in [2.75, 3.05) is 7.11 Å². The van der Waals surface area contributed by atoms with Crippen molar-refractivity contribution >= 4 is 55.5 Å². The molecule has 2 aromatic heterocycles. The molecule has 6 heteroatoms. The molecule has 0 amide bonds. The van der Waals surface area contributed by atoms with Crippen LogP contribution < -0.4 is 0 Å². The fraction of sp³-hybridized carbons (Fsp3) is 0.0476. The van der Waals surface area contributed by atoms with Crippen molar-refractivity contribution in [2.45, 2.75) is 6.92 Å². The predicted octanol–water partition coefficient (Wildman–Crippen LogP) is 11.0. The predicted molar refractivity (Wildman–Crippen MR) is 202 cm³/mol. The fourth-order valence-electron chi connectivity index (χ4n) is 5.88. The molecule has 2 heterocycles. The number of pyridine rings is 1. The Bertz CT molecular complexity index is 2360. The zero-order valence-corrected chi connectivity index (χ0v) is 27.6. The first-order valence-electron chi connectivity index (χ1n) is 15.4. The number of benzene rings is 5. The van der Waals surface area contributed by atoms with Crippen LogP contribution in [0.5, 0.6) is 0 Å². The first-order chi connectivity index (χ1) is 23.5. The molecular weight excluding hydrogens is 612 g/mol. The van der Waals surface area contributed by atoms with E-state index in [2.05, 4.69) is 78.2 Å². The molecule has 7 aromatic rings. The summed E-state index contributed by atoms with van der Waals surface area (Å²) in [6.45, 7) is 11.9. The van der Waals surface area contributed by atoms with E-state index in [1.165, 1.54) is 0 Å². The van der Waals surface area contributed by atoms with Gasteiger partial charge in [-0.3, -0.25) is 4.98 Å². The number of nitrogens with zero attached hydrogens (tertiary/aromatic N) is 4. The maximum absolute atomic E-state index is 6.32. The van der Waals surface area contributed by atoms with Gasteiger partial charge in [-0.05, 0) is 59.7 Å². The second-order valence-corrected chi connectivity index (χ2v) is 11.4. The summed E-state index contributed by atoms with van der Waals surface area (Å²) in [4.78, 5) is 19.5. The number of aromatic nitrogens is 3. The molecule has 0 spiro atoms. The molecule has 0 N–H and O–H groups in total. The van der Waals surface area contributed by atoms with E-state index in [-0.39, 0.29) is 5.16 Å². The molecular formula is C42H33ClN4O. The molecule has 7 rings (SSSR count). The van der Waals surface area contributed by atoms with Gasteiger partial charge in [0.25, 0.3) is 0 Å². The Balaban J connectivity index is 0.00000197. The summed E-state index contributed by atoms with van der Waals surface area (Å²) in [7, 11) is 1.65. The monoisotopic (exact) mass is 644 g/mol. The normalized spacial score (nSPS) is 11.9. The van der Waals surface area contributed by atoms with Crippen LogP contribution in [0.2, 0.25) is 0 Å². The summed E-state index contributed by atoms with van der Waals surface area (Å²) in [6, 6.07) is 40.8. The van der Waals surface area contributed by atoms with Crippen molar-refractivity contribution in [1.82, 2.24) is 15.0 Å².